The number of hydrogen-bond acceptors (Lipinski definition) is 3. The number of hydrogen-bond donors (Lipinski definition) is 1. The van der Waals surface area contributed by atoms with Gasteiger partial charge in [0.15, 0.2) is 6.10 Å². The third-order valence-corrected chi connectivity index (χ3v) is 3.68. The van der Waals surface area contributed by atoms with Gasteiger partial charge in [-0.05, 0) is 53.2 Å². The van der Waals surface area contributed by atoms with E-state index in [2.05, 4.69) is 21.2 Å². The van der Waals surface area contributed by atoms with E-state index in [0.29, 0.717) is 10.5 Å². The summed E-state index contributed by atoms with van der Waals surface area (Å²) in [6.07, 6.45) is -1.28. The molecular formula is C16H11BrF3NO3. The van der Waals surface area contributed by atoms with Crippen LogP contribution >= 0.6 is 15.9 Å². The van der Waals surface area contributed by atoms with Crippen LogP contribution in [0.3, 0.4) is 0 Å². The lowest BCUT2D eigenvalue weighted by Crippen LogP contribution is -2.30. The van der Waals surface area contributed by atoms with Gasteiger partial charge >= 0.3 is 5.97 Å². The van der Waals surface area contributed by atoms with E-state index in [-0.39, 0.29) is 11.3 Å². The molecule has 0 aliphatic heterocycles. The highest BCUT2D eigenvalue weighted by Gasteiger charge is 2.21. The molecule has 0 fully saturated rings. The van der Waals surface area contributed by atoms with Gasteiger partial charge < -0.3 is 10.1 Å². The summed E-state index contributed by atoms with van der Waals surface area (Å²) in [6, 6.07) is 6.05. The van der Waals surface area contributed by atoms with Crippen molar-refractivity contribution >= 4 is 33.5 Å². The Morgan fingerprint density at radius 2 is 1.71 bits per heavy atom. The summed E-state index contributed by atoms with van der Waals surface area (Å²) >= 11 is 3.07. The van der Waals surface area contributed by atoms with E-state index in [4.69, 9.17) is 4.74 Å². The predicted molar refractivity (Wildman–Crippen MR) is 84.0 cm³/mol. The number of carbonyl (C=O) groups excluding carboxylic acids is 2. The summed E-state index contributed by atoms with van der Waals surface area (Å²) in [4.78, 5) is 23.9. The maximum atomic E-state index is 13.5. The molecule has 126 valence electrons. The van der Waals surface area contributed by atoms with Crippen molar-refractivity contribution in [1.82, 2.24) is 0 Å². The van der Waals surface area contributed by atoms with Crippen molar-refractivity contribution in [2.75, 3.05) is 5.32 Å². The molecule has 0 bridgehead atoms. The first-order valence-corrected chi connectivity index (χ1v) is 7.49. The van der Waals surface area contributed by atoms with Crippen LogP contribution in [0.25, 0.3) is 0 Å². The number of amides is 1. The molecule has 1 amide bonds. The minimum absolute atomic E-state index is 0.0948. The number of carbonyl (C=O) groups is 2. The Morgan fingerprint density at radius 1 is 1.08 bits per heavy atom. The first-order chi connectivity index (χ1) is 11.3. The summed E-state index contributed by atoms with van der Waals surface area (Å²) in [5.74, 6) is -4.14. The van der Waals surface area contributed by atoms with Gasteiger partial charge in [-0.1, -0.05) is 0 Å². The molecule has 0 spiro atoms. The van der Waals surface area contributed by atoms with Crippen molar-refractivity contribution < 1.29 is 27.5 Å². The number of ether oxygens (including phenoxy) is 1. The lowest BCUT2D eigenvalue weighted by atomic mass is 10.2. The molecule has 2 aromatic carbocycles. The standard InChI is InChI=1S/C16H11BrF3NO3/c1-8(15(22)21-14-5-3-10(19)7-13(14)20)24-16(23)11-6-9(18)2-4-12(11)17/h2-8H,1H3,(H,21,22)/t8-/m0/s1. The summed E-state index contributed by atoms with van der Waals surface area (Å²) in [5, 5.41) is 2.18. The van der Waals surface area contributed by atoms with Gasteiger partial charge in [-0.25, -0.2) is 18.0 Å². The number of halogens is 4. The molecule has 0 saturated heterocycles. The van der Waals surface area contributed by atoms with Crippen LogP contribution in [-0.4, -0.2) is 18.0 Å². The Hall–Kier alpha value is -2.35. The topological polar surface area (TPSA) is 55.4 Å². The van der Waals surface area contributed by atoms with Crippen LogP contribution in [0.15, 0.2) is 40.9 Å². The average molecular weight is 402 g/mol. The Balaban J connectivity index is 2.05. The quantitative estimate of drug-likeness (QED) is 0.786. The molecule has 0 heterocycles. The summed E-state index contributed by atoms with van der Waals surface area (Å²) in [6.45, 7) is 1.27. The highest BCUT2D eigenvalue weighted by atomic mass is 79.9. The van der Waals surface area contributed by atoms with Gasteiger partial charge in [0.25, 0.3) is 5.91 Å². The van der Waals surface area contributed by atoms with Crippen molar-refractivity contribution in [3.8, 4) is 0 Å². The lowest BCUT2D eigenvalue weighted by Gasteiger charge is -2.14. The van der Waals surface area contributed by atoms with Gasteiger partial charge in [0.05, 0.1) is 11.3 Å². The monoisotopic (exact) mass is 401 g/mol. The molecule has 0 aliphatic carbocycles. The SMILES string of the molecule is C[C@H](OC(=O)c1cc(F)ccc1Br)C(=O)Nc1ccc(F)cc1F. The minimum Gasteiger partial charge on any atom is -0.449 e. The second kappa shape index (κ2) is 7.48. The van der Waals surface area contributed by atoms with Crippen molar-refractivity contribution in [2.24, 2.45) is 0 Å². The Kier molecular flexibility index (Phi) is 5.61. The van der Waals surface area contributed by atoms with E-state index in [0.717, 1.165) is 24.3 Å². The Bertz CT molecular complexity index is 798. The van der Waals surface area contributed by atoms with Crippen LogP contribution in [0.2, 0.25) is 0 Å². The molecule has 0 unspecified atom stereocenters. The second-order valence-electron chi connectivity index (χ2n) is 4.79. The van der Waals surface area contributed by atoms with Gasteiger partial charge in [-0.2, -0.15) is 0 Å². The first kappa shape index (κ1) is 18.0. The number of esters is 1. The molecule has 1 N–H and O–H groups in total. The van der Waals surface area contributed by atoms with Crippen LogP contribution in [0.4, 0.5) is 18.9 Å². The smallest absolute Gasteiger partial charge is 0.340 e. The van der Waals surface area contributed by atoms with Crippen molar-refractivity contribution in [2.45, 2.75) is 13.0 Å². The fourth-order valence-electron chi connectivity index (χ4n) is 1.76. The van der Waals surface area contributed by atoms with Crippen molar-refractivity contribution in [3.05, 3.63) is 63.9 Å². The van der Waals surface area contributed by atoms with Gasteiger partial charge in [0.2, 0.25) is 0 Å². The van der Waals surface area contributed by atoms with E-state index < -0.39 is 35.4 Å². The zero-order valence-corrected chi connectivity index (χ0v) is 13.9. The minimum atomic E-state index is -1.28. The molecule has 8 heteroatoms. The van der Waals surface area contributed by atoms with Gasteiger partial charge in [-0.3, -0.25) is 4.79 Å². The molecule has 0 aliphatic rings. The fourth-order valence-corrected chi connectivity index (χ4v) is 2.17. The van der Waals surface area contributed by atoms with Crippen LogP contribution < -0.4 is 5.32 Å². The van der Waals surface area contributed by atoms with Gasteiger partial charge in [-0.15, -0.1) is 0 Å². The Labute approximate surface area is 143 Å². The maximum absolute atomic E-state index is 13.5. The van der Waals surface area contributed by atoms with Crippen molar-refractivity contribution in [1.29, 1.82) is 0 Å². The van der Waals surface area contributed by atoms with Crippen LogP contribution in [0.5, 0.6) is 0 Å². The zero-order valence-electron chi connectivity index (χ0n) is 12.3. The van der Waals surface area contributed by atoms with Crippen LogP contribution in [0.1, 0.15) is 17.3 Å². The molecule has 1 atom stereocenters. The zero-order chi connectivity index (χ0) is 17.9. The summed E-state index contributed by atoms with van der Waals surface area (Å²) < 4.78 is 44.7. The number of benzene rings is 2. The lowest BCUT2D eigenvalue weighted by molar-refractivity contribution is -0.123. The Morgan fingerprint density at radius 3 is 2.38 bits per heavy atom. The highest BCUT2D eigenvalue weighted by Crippen LogP contribution is 2.20. The molecule has 4 nitrogen and oxygen atoms in total. The number of rotatable bonds is 4. The second-order valence-corrected chi connectivity index (χ2v) is 5.64. The predicted octanol–water partition coefficient (Wildman–Crippen LogP) is 4.05. The van der Waals surface area contributed by atoms with Crippen LogP contribution in [-0.2, 0) is 9.53 Å². The molecular weight excluding hydrogens is 391 g/mol. The maximum Gasteiger partial charge on any atom is 0.340 e. The number of anilines is 1. The van der Waals surface area contributed by atoms with Crippen molar-refractivity contribution in [3.63, 3.8) is 0 Å². The van der Waals surface area contributed by atoms with E-state index >= 15 is 0 Å². The third-order valence-electron chi connectivity index (χ3n) is 2.99. The molecule has 2 aromatic rings. The summed E-state index contributed by atoms with van der Waals surface area (Å²) in [7, 11) is 0. The molecule has 24 heavy (non-hydrogen) atoms. The molecule has 0 radical (unpaired) electrons. The summed E-state index contributed by atoms with van der Waals surface area (Å²) in [5.41, 5.74) is -0.348. The van der Waals surface area contributed by atoms with E-state index in [1.54, 1.807) is 0 Å². The molecule has 2 rings (SSSR count). The normalized spacial score (nSPS) is 11.7. The molecule has 0 aromatic heterocycles. The van der Waals surface area contributed by atoms with E-state index in [9.17, 15) is 22.8 Å². The average Bonchev–Trinajstić information content (AvgIpc) is 2.52. The van der Waals surface area contributed by atoms with E-state index in [1.807, 2.05) is 0 Å². The number of nitrogens with one attached hydrogen (secondary N) is 1. The van der Waals surface area contributed by atoms with Crippen LogP contribution in [0, 0.1) is 17.5 Å². The largest absolute Gasteiger partial charge is 0.449 e. The first-order valence-electron chi connectivity index (χ1n) is 6.70. The fraction of sp³-hybridized carbons (Fsp3) is 0.125. The third kappa shape index (κ3) is 4.35. The highest BCUT2D eigenvalue weighted by molar-refractivity contribution is 9.10. The van der Waals surface area contributed by atoms with Gasteiger partial charge in [0, 0.05) is 10.5 Å². The molecule has 0 saturated carbocycles. The van der Waals surface area contributed by atoms with E-state index in [1.165, 1.54) is 13.0 Å². The van der Waals surface area contributed by atoms with Gasteiger partial charge in [0.1, 0.15) is 17.5 Å².